The first-order chi connectivity index (χ1) is 16.4. The molecule has 34 heavy (non-hydrogen) atoms. The highest BCUT2D eigenvalue weighted by molar-refractivity contribution is 6.29. The summed E-state index contributed by atoms with van der Waals surface area (Å²) in [5, 5.41) is 0.329. The van der Waals surface area contributed by atoms with Crippen molar-refractivity contribution in [1.29, 1.82) is 0 Å². The fourth-order valence-corrected chi connectivity index (χ4v) is 4.62. The smallest absolute Gasteiger partial charge is 0.252 e. The van der Waals surface area contributed by atoms with E-state index in [1.165, 1.54) is 24.3 Å². The van der Waals surface area contributed by atoms with Crippen LogP contribution in [0.4, 0.5) is 14.6 Å². The van der Waals surface area contributed by atoms with E-state index >= 15 is 0 Å². The first kappa shape index (κ1) is 24.1. The minimum atomic E-state index is -0.519. The monoisotopic (exact) mass is 484 g/mol. The number of hydrogen-bond acceptors (Lipinski definition) is 4. The normalized spacial score (nSPS) is 14.5. The molecule has 1 saturated heterocycles. The Morgan fingerprint density at radius 1 is 0.912 bits per heavy atom. The third kappa shape index (κ3) is 5.90. The molecule has 1 aromatic heterocycles. The van der Waals surface area contributed by atoms with Crippen LogP contribution in [0.3, 0.4) is 0 Å². The van der Waals surface area contributed by atoms with Gasteiger partial charge in [0.15, 0.2) is 0 Å². The van der Waals surface area contributed by atoms with Crippen LogP contribution in [0.15, 0.2) is 60.7 Å². The predicted octanol–water partition coefficient (Wildman–Crippen LogP) is 4.85. The van der Waals surface area contributed by atoms with Crippen molar-refractivity contribution in [3.8, 4) is 0 Å². The molecule has 2 N–H and O–H groups in total. The number of aromatic nitrogens is 1. The van der Waals surface area contributed by atoms with Gasteiger partial charge in [0.25, 0.3) is 5.91 Å². The van der Waals surface area contributed by atoms with Crippen LogP contribution in [0.1, 0.15) is 40.2 Å². The zero-order chi connectivity index (χ0) is 24.1. The van der Waals surface area contributed by atoms with Crippen LogP contribution in [0.25, 0.3) is 0 Å². The minimum absolute atomic E-state index is 0.0660. The first-order valence-electron chi connectivity index (χ1n) is 11.4. The quantitative estimate of drug-likeness (QED) is 0.464. The third-order valence-electron chi connectivity index (χ3n) is 6.29. The van der Waals surface area contributed by atoms with E-state index in [2.05, 4.69) is 9.88 Å². The number of hydrogen-bond donors (Lipinski definition) is 1. The molecular formula is C26H27ClF2N4O. The number of halogens is 3. The van der Waals surface area contributed by atoms with Gasteiger partial charge in [0.1, 0.15) is 22.6 Å². The van der Waals surface area contributed by atoms with E-state index in [0.717, 1.165) is 43.6 Å². The fraction of sp³-hybridized carbons (Fsp3) is 0.308. The fourth-order valence-electron chi connectivity index (χ4n) is 4.48. The van der Waals surface area contributed by atoms with Crippen LogP contribution in [-0.4, -0.2) is 48.5 Å². The largest absolute Gasteiger partial charge is 0.365 e. The zero-order valence-corrected chi connectivity index (χ0v) is 19.5. The topological polar surface area (TPSA) is 62.5 Å². The maximum absolute atomic E-state index is 13.4. The summed E-state index contributed by atoms with van der Waals surface area (Å²) in [6.07, 6.45) is 1.79. The van der Waals surface area contributed by atoms with Gasteiger partial charge in [0, 0.05) is 32.1 Å². The van der Waals surface area contributed by atoms with Gasteiger partial charge in [-0.1, -0.05) is 35.9 Å². The molecule has 0 radical (unpaired) electrons. The van der Waals surface area contributed by atoms with E-state index in [1.807, 2.05) is 4.90 Å². The maximum Gasteiger partial charge on any atom is 0.252 e. The lowest BCUT2D eigenvalue weighted by atomic mass is 9.87. The van der Waals surface area contributed by atoms with E-state index in [-0.39, 0.29) is 17.6 Å². The summed E-state index contributed by atoms with van der Waals surface area (Å²) >= 11 is 6.04. The Balaban J connectivity index is 1.36. The van der Waals surface area contributed by atoms with Crippen LogP contribution in [0.2, 0.25) is 5.15 Å². The molecule has 0 saturated carbocycles. The second-order valence-electron chi connectivity index (χ2n) is 8.50. The molecule has 1 fully saturated rings. The second kappa shape index (κ2) is 10.9. The highest BCUT2D eigenvalue weighted by atomic mass is 35.5. The Morgan fingerprint density at radius 3 is 2.00 bits per heavy atom. The van der Waals surface area contributed by atoms with Gasteiger partial charge in [-0.3, -0.25) is 9.69 Å². The summed E-state index contributed by atoms with van der Waals surface area (Å²) < 4.78 is 26.9. The number of primary amides is 1. The lowest BCUT2D eigenvalue weighted by Gasteiger charge is -2.36. The average molecular weight is 485 g/mol. The zero-order valence-electron chi connectivity index (χ0n) is 18.8. The van der Waals surface area contributed by atoms with Gasteiger partial charge in [0.2, 0.25) is 0 Å². The number of nitrogens with zero attached hydrogens (tertiary/aromatic N) is 3. The van der Waals surface area contributed by atoms with Crippen LogP contribution in [0.5, 0.6) is 0 Å². The number of anilines is 1. The lowest BCUT2D eigenvalue weighted by molar-refractivity contribution is 0.1000. The molecule has 0 atom stereocenters. The molecule has 1 amide bonds. The number of piperazine rings is 1. The molecule has 0 unspecified atom stereocenters. The summed E-state index contributed by atoms with van der Waals surface area (Å²) in [5.41, 5.74) is 7.91. The van der Waals surface area contributed by atoms with E-state index in [9.17, 15) is 13.6 Å². The van der Waals surface area contributed by atoms with Gasteiger partial charge < -0.3 is 10.6 Å². The Kier molecular flexibility index (Phi) is 7.75. The van der Waals surface area contributed by atoms with Gasteiger partial charge in [-0.25, -0.2) is 13.8 Å². The standard InChI is InChI=1S/C26H27ClF2N4O/c27-24-12-11-23(25(30)34)26(31-24)33-16-14-32(15-17-33)13-1-2-22(18-3-7-20(28)8-4-18)19-5-9-21(29)10-6-19/h3-12,22H,1-2,13-17H2,(H2,30,34). The van der Waals surface area contributed by atoms with Gasteiger partial charge >= 0.3 is 0 Å². The number of rotatable bonds is 8. The molecule has 0 spiro atoms. The Bertz CT molecular complexity index is 1070. The van der Waals surface area contributed by atoms with Crippen molar-refractivity contribution in [3.05, 3.63) is 94.1 Å². The lowest BCUT2D eigenvalue weighted by Crippen LogP contribution is -2.47. The number of pyridine rings is 1. The molecule has 0 aliphatic carbocycles. The molecule has 0 bridgehead atoms. The maximum atomic E-state index is 13.4. The SMILES string of the molecule is NC(=O)c1ccc(Cl)nc1N1CCN(CCCC(c2ccc(F)cc2)c2ccc(F)cc2)CC1. The average Bonchev–Trinajstić information content (AvgIpc) is 2.83. The summed E-state index contributed by atoms with van der Waals surface area (Å²) in [7, 11) is 0. The van der Waals surface area contributed by atoms with Crippen molar-refractivity contribution in [1.82, 2.24) is 9.88 Å². The van der Waals surface area contributed by atoms with Crippen LogP contribution in [-0.2, 0) is 0 Å². The molecule has 8 heteroatoms. The number of benzene rings is 2. The highest BCUT2D eigenvalue weighted by Gasteiger charge is 2.23. The second-order valence-corrected chi connectivity index (χ2v) is 8.88. The van der Waals surface area contributed by atoms with E-state index < -0.39 is 5.91 Å². The first-order valence-corrected chi connectivity index (χ1v) is 11.7. The summed E-state index contributed by atoms with van der Waals surface area (Å²) in [4.78, 5) is 20.5. The number of carbonyl (C=O) groups is 1. The molecule has 3 aromatic rings. The molecule has 1 aliphatic heterocycles. The van der Waals surface area contributed by atoms with Crippen LogP contribution >= 0.6 is 11.6 Å². The van der Waals surface area contributed by atoms with Crippen LogP contribution in [0, 0.1) is 11.6 Å². The van der Waals surface area contributed by atoms with E-state index in [1.54, 1.807) is 36.4 Å². The molecule has 5 nitrogen and oxygen atoms in total. The van der Waals surface area contributed by atoms with Gasteiger partial charge in [0.05, 0.1) is 5.56 Å². The molecule has 2 aromatic carbocycles. The Labute approximate surface area is 203 Å². The van der Waals surface area contributed by atoms with Gasteiger partial charge in [-0.15, -0.1) is 0 Å². The molecule has 4 rings (SSSR count). The Hall–Kier alpha value is -3.03. The highest BCUT2D eigenvalue weighted by Crippen LogP contribution is 2.30. The van der Waals surface area contributed by atoms with Crippen molar-refractivity contribution >= 4 is 23.3 Å². The van der Waals surface area contributed by atoms with Crippen molar-refractivity contribution < 1.29 is 13.6 Å². The number of carbonyl (C=O) groups excluding carboxylic acids is 1. The van der Waals surface area contributed by atoms with Crippen LogP contribution < -0.4 is 10.6 Å². The summed E-state index contributed by atoms with van der Waals surface area (Å²) in [6.45, 7) is 3.98. The van der Waals surface area contributed by atoms with Crippen molar-refractivity contribution in [3.63, 3.8) is 0 Å². The summed E-state index contributed by atoms with van der Waals surface area (Å²) in [6, 6.07) is 16.3. The molecule has 1 aliphatic rings. The van der Waals surface area contributed by atoms with Crippen molar-refractivity contribution in [2.45, 2.75) is 18.8 Å². The van der Waals surface area contributed by atoms with Gasteiger partial charge in [-0.2, -0.15) is 0 Å². The van der Waals surface area contributed by atoms with Crippen molar-refractivity contribution in [2.75, 3.05) is 37.6 Å². The number of amides is 1. The third-order valence-corrected chi connectivity index (χ3v) is 6.50. The minimum Gasteiger partial charge on any atom is -0.365 e. The molecule has 178 valence electrons. The van der Waals surface area contributed by atoms with E-state index in [0.29, 0.717) is 29.6 Å². The number of nitrogens with two attached hydrogens (primary N) is 1. The van der Waals surface area contributed by atoms with E-state index in [4.69, 9.17) is 17.3 Å². The molecule has 2 heterocycles. The van der Waals surface area contributed by atoms with Gasteiger partial charge in [-0.05, 0) is 66.9 Å². The summed E-state index contributed by atoms with van der Waals surface area (Å²) in [5.74, 6) is -0.459. The van der Waals surface area contributed by atoms with Crippen molar-refractivity contribution in [2.24, 2.45) is 5.73 Å². The molecular weight excluding hydrogens is 458 g/mol. The predicted molar refractivity (Wildman–Crippen MR) is 130 cm³/mol. The Morgan fingerprint density at radius 2 is 1.47 bits per heavy atom.